The molecular formula is C19H24N2O4S. The Balaban J connectivity index is 1.79. The molecule has 0 unspecified atom stereocenters. The molecular weight excluding hydrogens is 352 g/mol. The molecule has 6 nitrogen and oxygen atoms in total. The third-order valence-electron chi connectivity index (χ3n) is 3.87. The van der Waals surface area contributed by atoms with Crippen molar-refractivity contribution < 1.29 is 19.1 Å². The third-order valence-corrected chi connectivity index (χ3v) is 4.69. The first-order chi connectivity index (χ1) is 12.3. The number of ether oxygens (including phenoxy) is 2. The number of hydrogen-bond donors (Lipinski definition) is 1. The predicted molar refractivity (Wildman–Crippen MR) is 100 cm³/mol. The molecule has 0 radical (unpaired) electrons. The van der Waals surface area contributed by atoms with Gasteiger partial charge in [0.25, 0.3) is 5.91 Å². The van der Waals surface area contributed by atoms with Gasteiger partial charge in [0.05, 0.1) is 16.3 Å². The average molecular weight is 376 g/mol. The highest BCUT2D eigenvalue weighted by Gasteiger charge is 2.14. The fraction of sp³-hybridized carbons (Fsp3) is 0.421. The molecule has 1 N–H and O–H groups in total. The van der Waals surface area contributed by atoms with Gasteiger partial charge < -0.3 is 14.8 Å². The van der Waals surface area contributed by atoms with Gasteiger partial charge in [-0.2, -0.15) is 0 Å². The van der Waals surface area contributed by atoms with Gasteiger partial charge in [-0.15, -0.1) is 11.3 Å². The molecule has 2 rings (SSSR count). The van der Waals surface area contributed by atoms with Crippen molar-refractivity contribution in [2.75, 3.05) is 6.61 Å². The summed E-state index contributed by atoms with van der Waals surface area (Å²) < 4.78 is 10.7. The van der Waals surface area contributed by atoms with E-state index < -0.39 is 5.97 Å². The fourth-order valence-corrected chi connectivity index (χ4v) is 2.59. The number of nitrogens with one attached hydrogen (secondary N) is 1. The molecule has 0 aliphatic heterocycles. The van der Waals surface area contributed by atoms with Crippen LogP contribution in [0.4, 0.5) is 0 Å². The number of aromatic nitrogens is 1. The second-order valence-corrected chi connectivity index (χ2v) is 7.41. The maximum atomic E-state index is 12.0. The van der Waals surface area contributed by atoms with Gasteiger partial charge in [0.2, 0.25) is 0 Å². The molecule has 0 spiro atoms. The monoisotopic (exact) mass is 376 g/mol. The maximum Gasteiger partial charge on any atom is 0.338 e. The van der Waals surface area contributed by atoms with E-state index in [-0.39, 0.29) is 18.6 Å². The van der Waals surface area contributed by atoms with Gasteiger partial charge in [0.1, 0.15) is 12.4 Å². The number of aryl methyl sites for hydroxylation is 1. The molecule has 1 atom stereocenters. The smallest absolute Gasteiger partial charge is 0.338 e. The van der Waals surface area contributed by atoms with Crippen molar-refractivity contribution in [3.63, 3.8) is 0 Å². The van der Waals surface area contributed by atoms with E-state index in [9.17, 15) is 9.59 Å². The van der Waals surface area contributed by atoms with Crippen LogP contribution >= 0.6 is 11.3 Å². The zero-order valence-corrected chi connectivity index (χ0v) is 16.3. The zero-order valence-electron chi connectivity index (χ0n) is 15.4. The number of nitrogens with zero attached hydrogens (tertiary/aromatic N) is 1. The van der Waals surface area contributed by atoms with Crippen molar-refractivity contribution in [1.82, 2.24) is 10.3 Å². The minimum Gasteiger partial charge on any atom is -0.487 e. The number of hydrogen-bond acceptors (Lipinski definition) is 6. The molecule has 2 aromatic rings. The van der Waals surface area contributed by atoms with E-state index in [2.05, 4.69) is 10.3 Å². The number of benzene rings is 1. The van der Waals surface area contributed by atoms with E-state index >= 15 is 0 Å². The van der Waals surface area contributed by atoms with Crippen LogP contribution in [0.5, 0.6) is 5.75 Å². The summed E-state index contributed by atoms with van der Waals surface area (Å²) in [6.07, 6.45) is 0. The summed E-state index contributed by atoms with van der Waals surface area (Å²) in [6, 6.07) is 6.63. The van der Waals surface area contributed by atoms with Gasteiger partial charge in [-0.05, 0) is 44.0 Å². The topological polar surface area (TPSA) is 77.5 Å². The average Bonchev–Trinajstić information content (AvgIpc) is 3.03. The molecule has 0 aliphatic carbocycles. The summed E-state index contributed by atoms with van der Waals surface area (Å²) >= 11 is 1.57. The second kappa shape index (κ2) is 9.33. The number of thiazole rings is 1. The minimum absolute atomic E-state index is 0.0270. The van der Waals surface area contributed by atoms with Crippen molar-refractivity contribution in [3.05, 3.63) is 45.9 Å². The van der Waals surface area contributed by atoms with Gasteiger partial charge in [-0.3, -0.25) is 4.79 Å². The predicted octanol–water partition coefficient (Wildman–Crippen LogP) is 3.35. The van der Waals surface area contributed by atoms with E-state index in [1.807, 2.05) is 33.1 Å². The zero-order chi connectivity index (χ0) is 19.1. The Kier molecular flexibility index (Phi) is 7.15. The van der Waals surface area contributed by atoms with E-state index in [0.29, 0.717) is 23.8 Å². The summed E-state index contributed by atoms with van der Waals surface area (Å²) in [7, 11) is 0. The summed E-state index contributed by atoms with van der Waals surface area (Å²) in [5.74, 6) is 0.100. The minimum atomic E-state index is -0.543. The third kappa shape index (κ3) is 6.15. The van der Waals surface area contributed by atoms with E-state index in [1.165, 1.54) is 0 Å². The van der Waals surface area contributed by atoms with Crippen LogP contribution in [-0.4, -0.2) is 29.5 Å². The molecule has 7 heteroatoms. The van der Waals surface area contributed by atoms with Crippen LogP contribution in [-0.2, 0) is 16.1 Å². The highest BCUT2D eigenvalue weighted by Crippen LogP contribution is 2.16. The molecule has 1 amide bonds. The molecule has 0 fully saturated rings. The lowest BCUT2D eigenvalue weighted by atomic mass is 10.1. The van der Waals surface area contributed by atoms with Gasteiger partial charge in [0, 0.05) is 11.4 Å². The van der Waals surface area contributed by atoms with Crippen LogP contribution in [0, 0.1) is 12.8 Å². The molecule has 140 valence electrons. The van der Waals surface area contributed by atoms with Crippen molar-refractivity contribution in [2.24, 2.45) is 5.92 Å². The largest absolute Gasteiger partial charge is 0.487 e. The van der Waals surface area contributed by atoms with Crippen LogP contribution in [0.25, 0.3) is 0 Å². The SMILES string of the molecule is Cc1nc(COc2ccc(C(=O)OCC(=O)N[C@@H](C)C(C)C)cc2)cs1. The number of esters is 1. The maximum absolute atomic E-state index is 12.0. The summed E-state index contributed by atoms with van der Waals surface area (Å²) in [5, 5.41) is 5.73. The lowest BCUT2D eigenvalue weighted by molar-refractivity contribution is -0.125. The second-order valence-electron chi connectivity index (χ2n) is 6.35. The number of carbonyl (C=O) groups is 2. The van der Waals surface area contributed by atoms with Crippen LogP contribution in [0.3, 0.4) is 0 Å². The van der Waals surface area contributed by atoms with Crippen LogP contribution in [0.15, 0.2) is 29.6 Å². The molecule has 1 aromatic heterocycles. The number of amides is 1. The molecule has 0 bridgehead atoms. The Bertz CT molecular complexity index is 740. The van der Waals surface area contributed by atoms with E-state index in [0.717, 1.165) is 10.7 Å². The van der Waals surface area contributed by atoms with Crippen LogP contribution in [0.1, 0.15) is 41.8 Å². The molecule has 0 saturated heterocycles. The lowest BCUT2D eigenvalue weighted by Crippen LogP contribution is -2.38. The standard InChI is InChI=1S/C19H24N2O4S/c1-12(2)13(3)20-18(22)10-25-19(23)15-5-7-17(8-6-15)24-9-16-11-26-14(4)21-16/h5-8,11-13H,9-10H2,1-4H3,(H,20,22)/t13-/m0/s1. The summed E-state index contributed by atoms with van der Waals surface area (Å²) in [6.45, 7) is 7.96. The van der Waals surface area contributed by atoms with Crippen molar-refractivity contribution in [2.45, 2.75) is 40.3 Å². The van der Waals surface area contributed by atoms with Gasteiger partial charge in [-0.1, -0.05) is 13.8 Å². The normalized spacial score (nSPS) is 11.9. The van der Waals surface area contributed by atoms with Crippen molar-refractivity contribution in [1.29, 1.82) is 0 Å². The Morgan fingerprint density at radius 1 is 1.19 bits per heavy atom. The van der Waals surface area contributed by atoms with Crippen LogP contribution in [0.2, 0.25) is 0 Å². The quantitative estimate of drug-likeness (QED) is 0.715. The highest BCUT2D eigenvalue weighted by molar-refractivity contribution is 7.09. The Hall–Kier alpha value is -2.41. The molecule has 26 heavy (non-hydrogen) atoms. The van der Waals surface area contributed by atoms with Crippen molar-refractivity contribution >= 4 is 23.2 Å². The van der Waals surface area contributed by atoms with E-state index in [4.69, 9.17) is 9.47 Å². The van der Waals surface area contributed by atoms with Gasteiger partial charge in [-0.25, -0.2) is 9.78 Å². The Labute approximate surface area is 157 Å². The molecule has 1 aromatic carbocycles. The first kappa shape index (κ1) is 19.9. The molecule has 1 heterocycles. The number of carbonyl (C=O) groups excluding carboxylic acids is 2. The Morgan fingerprint density at radius 3 is 2.46 bits per heavy atom. The number of rotatable bonds is 8. The van der Waals surface area contributed by atoms with Gasteiger partial charge >= 0.3 is 5.97 Å². The summed E-state index contributed by atoms with van der Waals surface area (Å²) in [4.78, 5) is 28.1. The first-order valence-corrected chi connectivity index (χ1v) is 9.33. The van der Waals surface area contributed by atoms with Crippen molar-refractivity contribution in [3.8, 4) is 5.75 Å². The molecule has 0 aliphatic rings. The van der Waals surface area contributed by atoms with Crippen LogP contribution < -0.4 is 10.1 Å². The Morgan fingerprint density at radius 2 is 1.88 bits per heavy atom. The van der Waals surface area contributed by atoms with Gasteiger partial charge in [0.15, 0.2) is 6.61 Å². The lowest BCUT2D eigenvalue weighted by Gasteiger charge is -2.17. The summed E-state index contributed by atoms with van der Waals surface area (Å²) in [5.41, 5.74) is 1.24. The first-order valence-electron chi connectivity index (χ1n) is 8.45. The fourth-order valence-electron chi connectivity index (χ4n) is 2.00. The van der Waals surface area contributed by atoms with E-state index in [1.54, 1.807) is 35.6 Å². The highest BCUT2D eigenvalue weighted by atomic mass is 32.1. The molecule has 0 saturated carbocycles.